The van der Waals surface area contributed by atoms with Gasteiger partial charge in [0.2, 0.25) is 5.91 Å². The van der Waals surface area contributed by atoms with E-state index in [1.807, 2.05) is 12.1 Å². The zero-order valence-electron chi connectivity index (χ0n) is 32.1. The standard InChI is InChI=1S/C44H75NO4/c1-4-5-6-7-8-9-10-11-12-15-18-21-24-27-30-33-43(46)45-39-41-35-37-42(38-36-41)49-40(2)32-29-26-23-20-17-14-13-16-19-22-25-28-31-34-44(47)48-3/h11-14,35-38,40H,4-10,15-34,39H2,1-3H3,(H,45,46)/b12-11-,14-13-. The molecule has 1 N–H and O–H groups in total. The summed E-state index contributed by atoms with van der Waals surface area (Å²) in [7, 11) is 1.46. The lowest BCUT2D eigenvalue weighted by Crippen LogP contribution is -2.22. The Morgan fingerprint density at radius 1 is 0.612 bits per heavy atom. The Morgan fingerprint density at radius 3 is 1.57 bits per heavy atom. The fourth-order valence-electron chi connectivity index (χ4n) is 6.07. The summed E-state index contributed by atoms with van der Waals surface area (Å²) in [6.45, 7) is 5.01. The molecule has 280 valence electrons. The van der Waals surface area contributed by atoms with Crippen LogP contribution in [0.15, 0.2) is 48.6 Å². The fraction of sp³-hybridized carbons (Fsp3) is 0.727. The fourth-order valence-corrected chi connectivity index (χ4v) is 6.07. The van der Waals surface area contributed by atoms with Gasteiger partial charge in [-0.1, -0.05) is 127 Å². The second-order valence-corrected chi connectivity index (χ2v) is 14.0. The SMILES string of the molecule is CCCCCCCC/C=C\CCCCCCCC(=O)NCc1ccc(OC(C)CCCCCC/C=C\CCCCCCCC(=O)OC)cc1. The molecule has 1 aromatic carbocycles. The van der Waals surface area contributed by atoms with Crippen molar-refractivity contribution in [3.63, 3.8) is 0 Å². The Kier molecular flexibility index (Phi) is 30.8. The summed E-state index contributed by atoms with van der Waals surface area (Å²) in [5, 5.41) is 3.08. The number of carbonyl (C=O) groups is 2. The van der Waals surface area contributed by atoms with Gasteiger partial charge in [0.25, 0.3) is 0 Å². The third kappa shape index (κ3) is 30.0. The maximum Gasteiger partial charge on any atom is 0.305 e. The third-order valence-corrected chi connectivity index (χ3v) is 9.29. The molecule has 5 heteroatoms. The van der Waals surface area contributed by atoms with E-state index in [-0.39, 0.29) is 18.0 Å². The Bertz CT molecular complexity index is 954. The average molecular weight is 682 g/mol. The average Bonchev–Trinajstić information content (AvgIpc) is 3.11. The molecule has 0 heterocycles. The number of nitrogens with one attached hydrogen (secondary N) is 1. The molecule has 0 bridgehead atoms. The number of hydrogen-bond acceptors (Lipinski definition) is 4. The van der Waals surface area contributed by atoms with E-state index in [4.69, 9.17) is 4.74 Å². The summed E-state index contributed by atoms with van der Waals surface area (Å²) in [5.74, 6) is 0.965. The summed E-state index contributed by atoms with van der Waals surface area (Å²) in [4.78, 5) is 23.4. The predicted octanol–water partition coefficient (Wildman–Crippen LogP) is 12.9. The van der Waals surface area contributed by atoms with Crippen molar-refractivity contribution in [1.82, 2.24) is 5.32 Å². The number of carbonyl (C=O) groups excluding carboxylic acids is 2. The molecule has 0 radical (unpaired) electrons. The molecule has 1 atom stereocenters. The van der Waals surface area contributed by atoms with E-state index in [1.165, 1.54) is 136 Å². The van der Waals surface area contributed by atoms with Gasteiger partial charge < -0.3 is 14.8 Å². The molecule has 0 saturated heterocycles. The van der Waals surface area contributed by atoms with Crippen LogP contribution in [0.1, 0.15) is 193 Å². The number of methoxy groups -OCH3 is 1. The van der Waals surface area contributed by atoms with Crippen LogP contribution in [0.3, 0.4) is 0 Å². The highest BCUT2D eigenvalue weighted by atomic mass is 16.5. The molecule has 5 nitrogen and oxygen atoms in total. The van der Waals surface area contributed by atoms with E-state index < -0.39 is 0 Å². The summed E-state index contributed by atoms with van der Waals surface area (Å²) in [5.41, 5.74) is 1.11. The van der Waals surface area contributed by atoms with Crippen molar-refractivity contribution in [3.8, 4) is 5.75 Å². The molecular weight excluding hydrogens is 606 g/mol. The molecule has 0 saturated carbocycles. The minimum absolute atomic E-state index is 0.0921. The van der Waals surface area contributed by atoms with Crippen molar-refractivity contribution in [2.24, 2.45) is 0 Å². The Hall–Kier alpha value is -2.56. The Morgan fingerprint density at radius 2 is 1.06 bits per heavy atom. The van der Waals surface area contributed by atoms with Crippen LogP contribution in [-0.2, 0) is 20.9 Å². The van der Waals surface area contributed by atoms with E-state index >= 15 is 0 Å². The first-order valence-corrected chi connectivity index (χ1v) is 20.4. The van der Waals surface area contributed by atoms with E-state index in [0.717, 1.165) is 43.4 Å². The van der Waals surface area contributed by atoms with Crippen LogP contribution in [0.2, 0.25) is 0 Å². The van der Waals surface area contributed by atoms with Crippen LogP contribution < -0.4 is 10.1 Å². The molecule has 0 aliphatic heterocycles. The predicted molar refractivity (Wildman–Crippen MR) is 209 cm³/mol. The molecule has 1 aromatic rings. The van der Waals surface area contributed by atoms with Gasteiger partial charge in [-0.15, -0.1) is 0 Å². The molecule has 0 aliphatic rings. The topological polar surface area (TPSA) is 64.6 Å². The minimum Gasteiger partial charge on any atom is -0.491 e. The highest BCUT2D eigenvalue weighted by molar-refractivity contribution is 5.75. The van der Waals surface area contributed by atoms with Gasteiger partial charge in [0, 0.05) is 19.4 Å². The van der Waals surface area contributed by atoms with Crippen LogP contribution in [-0.4, -0.2) is 25.1 Å². The normalized spacial score (nSPS) is 12.1. The van der Waals surface area contributed by atoms with Crippen molar-refractivity contribution < 1.29 is 19.1 Å². The van der Waals surface area contributed by atoms with Gasteiger partial charge in [-0.2, -0.15) is 0 Å². The highest BCUT2D eigenvalue weighted by Crippen LogP contribution is 2.17. The molecule has 1 rings (SSSR count). The monoisotopic (exact) mass is 682 g/mol. The summed E-state index contributed by atoms with van der Waals surface area (Å²) in [6, 6.07) is 8.18. The van der Waals surface area contributed by atoms with Crippen LogP contribution in [0.4, 0.5) is 0 Å². The summed E-state index contributed by atoms with van der Waals surface area (Å²) < 4.78 is 10.8. The molecule has 49 heavy (non-hydrogen) atoms. The van der Waals surface area contributed by atoms with Crippen LogP contribution in [0.25, 0.3) is 0 Å². The summed E-state index contributed by atoms with van der Waals surface area (Å²) >= 11 is 0. The van der Waals surface area contributed by atoms with Crippen molar-refractivity contribution in [2.75, 3.05) is 7.11 Å². The van der Waals surface area contributed by atoms with Crippen molar-refractivity contribution in [2.45, 2.75) is 200 Å². The number of rotatable bonds is 34. The number of esters is 1. The van der Waals surface area contributed by atoms with Crippen LogP contribution in [0.5, 0.6) is 5.75 Å². The first kappa shape index (κ1) is 44.5. The van der Waals surface area contributed by atoms with Gasteiger partial charge in [0.15, 0.2) is 0 Å². The van der Waals surface area contributed by atoms with Gasteiger partial charge in [0.1, 0.15) is 5.75 Å². The third-order valence-electron chi connectivity index (χ3n) is 9.29. The largest absolute Gasteiger partial charge is 0.491 e. The minimum atomic E-state index is -0.0921. The molecular formula is C44H75NO4. The number of allylic oxidation sites excluding steroid dienone is 4. The highest BCUT2D eigenvalue weighted by Gasteiger charge is 2.06. The van der Waals surface area contributed by atoms with Gasteiger partial charge in [0.05, 0.1) is 13.2 Å². The van der Waals surface area contributed by atoms with Crippen molar-refractivity contribution >= 4 is 11.9 Å². The second-order valence-electron chi connectivity index (χ2n) is 14.0. The molecule has 1 unspecified atom stereocenters. The molecule has 1 amide bonds. The van der Waals surface area contributed by atoms with Gasteiger partial charge in [-0.25, -0.2) is 0 Å². The van der Waals surface area contributed by atoms with Crippen molar-refractivity contribution in [3.05, 3.63) is 54.1 Å². The summed E-state index contributed by atoms with van der Waals surface area (Å²) in [6.07, 6.45) is 41.5. The zero-order chi connectivity index (χ0) is 35.5. The van der Waals surface area contributed by atoms with Crippen LogP contribution >= 0.6 is 0 Å². The quantitative estimate of drug-likeness (QED) is 0.0447. The number of unbranched alkanes of at least 4 members (excludes halogenated alkanes) is 20. The van der Waals surface area contributed by atoms with E-state index in [1.54, 1.807) is 0 Å². The number of hydrogen-bond donors (Lipinski definition) is 1. The Balaban J connectivity index is 1.95. The van der Waals surface area contributed by atoms with E-state index in [0.29, 0.717) is 19.4 Å². The molecule has 0 aliphatic carbocycles. The van der Waals surface area contributed by atoms with Gasteiger partial charge in [-0.05, 0) is 102 Å². The zero-order valence-corrected chi connectivity index (χ0v) is 32.1. The second kappa shape index (κ2) is 33.9. The smallest absolute Gasteiger partial charge is 0.305 e. The van der Waals surface area contributed by atoms with Crippen molar-refractivity contribution in [1.29, 1.82) is 0 Å². The lowest BCUT2D eigenvalue weighted by Gasteiger charge is -2.15. The lowest BCUT2D eigenvalue weighted by molar-refractivity contribution is -0.140. The Labute approximate surface area is 302 Å². The number of benzene rings is 1. The van der Waals surface area contributed by atoms with Gasteiger partial charge in [-0.3, -0.25) is 9.59 Å². The van der Waals surface area contributed by atoms with Crippen LogP contribution in [0, 0.1) is 0 Å². The van der Waals surface area contributed by atoms with Gasteiger partial charge >= 0.3 is 5.97 Å². The number of amides is 1. The maximum atomic E-state index is 12.3. The first-order valence-electron chi connectivity index (χ1n) is 20.4. The van der Waals surface area contributed by atoms with E-state index in [2.05, 4.69) is 60.3 Å². The maximum absolute atomic E-state index is 12.3. The molecule has 0 fully saturated rings. The molecule has 0 aromatic heterocycles. The lowest BCUT2D eigenvalue weighted by atomic mass is 10.1. The van der Waals surface area contributed by atoms with E-state index in [9.17, 15) is 9.59 Å². The number of ether oxygens (including phenoxy) is 2. The molecule has 0 spiro atoms. The first-order chi connectivity index (χ1) is 24.0.